The quantitative estimate of drug-likeness (QED) is 0.737. The molecule has 1 aliphatic rings. The first kappa shape index (κ1) is 16.5. The van der Waals surface area contributed by atoms with Crippen LogP contribution < -0.4 is 0 Å². The molecule has 4 nitrogen and oxygen atoms in total. The van der Waals surface area contributed by atoms with Crippen molar-refractivity contribution in [2.75, 3.05) is 7.11 Å². The van der Waals surface area contributed by atoms with Crippen LogP contribution >= 0.6 is 0 Å². The molecule has 2 bridgehead atoms. The van der Waals surface area contributed by atoms with Crippen molar-refractivity contribution >= 4 is 5.97 Å². The van der Waals surface area contributed by atoms with Crippen LogP contribution in [0.15, 0.2) is 66.7 Å². The molecule has 2 N–H and O–H groups in total. The summed E-state index contributed by atoms with van der Waals surface area (Å²) in [6.45, 7) is 0.395. The van der Waals surface area contributed by atoms with Gasteiger partial charge in [0.05, 0.1) is 12.2 Å². The van der Waals surface area contributed by atoms with E-state index in [0.717, 1.165) is 27.8 Å². The molecule has 0 spiro atoms. The fourth-order valence-electron chi connectivity index (χ4n) is 3.80. The molecule has 0 radical (unpaired) electrons. The van der Waals surface area contributed by atoms with Crippen molar-refractivity contribution in [3.63, 3.8) is 0 Å². The van der Waals surface area contributed by atoms with Crippen molar-refractivity contribution in [2.45, 2.75) is 12.2 Å². The second kappa shape index (κ2) is 6.09. The maximum Gasteiger partial charge on any atom is 0.335 e. The van der Waals surface area contributed by atoms with Gasteiger partial charge in [0.2, 0.25) is 0 Å². The monoisotopic (exact) mass is 346 g/mol. The molecule has 0 saturated heterocycles. The number of carbonyl (C=O) groups is 1. The molecule has 0 heterocycles. The minimum absolute atomic E-state index is 0.153. The van der Waals surface area contributed by atoms with Crippen LogP contribution in [0.25, 0.3) is 11.1 Å². The Morgan fingerprint density at radius 3 is 2.50 bits per heavy atom. The van der Waals surface area contributed by atoms with E-state index in [9.17, 15) is 15.0 Å². The van der Waals surface area contributed by atoms with Gasteiger partial charge in [-0.2, -0.15) is 0 Å². The summed E-state index contributed by atoms with van der Waals surface area (Å²) in [5, 5.41) is 20.9. The van der Waals surface area contributed by atoms with Gasteiger partial charge in [-0.25, -0.2) is 4.79 Å². The highest BCUT2D eigenvalue weighted by Gasteiger charge is 2.48. The first-order chi connectivity index (χ1) is 12.6. The van der Waals surface area contributed by atoms with E-state index in [1.54, 1.807) is 19.2 Å². The molecule has 3 aromatic rings. The number of carboxylic acids is 1. The number of fused-ring (bicyclic) bond motifs is 2. The Labute approximate surface area is 151 Å². The van der Waals surface area contributed by atoms with Gasteiger partial charge in [0.15, 0.2) is 0 Å². The smallest absolute Gasteiger partial charge is 0.335 e. The van der Waals surface area contributed by atoms with Crippen molar-refractivity contribution in [2.24, 2.45) is 0 Å². The molecule has 4 heteroatoms. The van der Waals surface area contributed by atoms with Crippen molar-refractivity contribution < 1.29 is 19.7 Å². The number of aromatic carboxylic acids is 1. The summed E-state index contributed by atoms with van der Waals surface area (Å²) in [5.41, 5.74) is 3.81. The molecule has 130 valence electrons. The van der Waals surface area contributed by atoms with Crippen LogP contribution in [0, 0.1) is 0 Å². The Balaban J connectivity index is 1.91. The lowest BCUT2D eigenvalue weighted by Crippen LogP contribution is -2.41. The molecule has 1 unspecified atom stereocenters. The van der Waals surface area contributed by atoms with Gasteiger partial charge >= 0.3 is 5.97 Å². The highest BCUT2D eigenvalue weighted by atomic mass is 16.5. The van der Waals surface area contributed by atoms with Gasteiger partial charge in [-0.1, -0.05) is 54.6 Å². The third-order valence-electron chi connectivity index (χ3n) is 4.97. The predicted molar refractivity (Wildman–Crippen MR) is 98.1 cm³/mol. The Bertz CT molecular complexity index is 994. The first-order valence-corrected chi connectivity index (χ1v) is 8.34. The van der Waals surface area contributed by atoms with Crippen molar-refractivity contribution in [1.82, 2.24) is 0 Å². The van der Waals surface area contributed by atoms with E-state index in [2.05, 4.69) is 0 Å². The number of benzene rings is 3. The van der Waals surface area contributed by atoms with Crippen LogP contribution in [-0.2, 0) is 16.9 Å². The summed E-state index contributed by atoms with van der Waals surface area (Å²) in [7, 11) is 1.62. The van der Waals surface area contributed by atoms with Crippen molar-refractivity contribution in [3.05, 3.63) is 94.5 Å². The van der Waals surface area contributed by atoms with Gasteiger partial charge in [0.25, 0.3) is 0 Å². The average Bonchev–Trinajstić information content (AvgIpc) is 2.68. The van der Waals surface area contributed by atoms with Gasteiger partial charge in [-0.05, 0) is 39.9 Å². The Morgan fingerprint density at radius 1 is 1.04 bits per heavy atom. The predicted octanol–water partition coefficient (Wildman–Crippen LogP) is 3.80. The fourth-order valence-corrected chi connectivity index (χ4v) is 3.80. The summed E-state index contributed by atoms with van der Waals surface area (Å²) >= 11 is 0. The maximum absolute atomic E-state index is 11.6. The zero-order valence-electron chi connectivity index (χ0n) is 14.3. The lowest BCUT2D eigenvalue weighted by molar-refractivity contribution is 0.0695. The van der Waals surface area contributed by atoms with Crippen LogP contribution in [0.5, 0.6) is 0 Å². The van der Waals surface area contributed by atoms with Crippen LogP contribution in [0.2, 0.25) is 0 Å². The highest BCUT2D eigenvalue weighted by Crippen LogP contribution is 2.53. The molecule has 0 amide bonds. The zero-order valence-corrected chi connectivity index (χ0v) is 14.3. The van der Waals surface area contributed by atoms with E-state index in [1.165, 1.54) is 12.1 Å². The lowest BCUT2D eigenvalue weighted by Gasteiger charge is -2.44. The van der Waals surface area contributed by atoms with Gasteiger partial charge in [0.1, 0.15) is 5.60 Å². The number of aliphatic hydroxyl groups is 1. The van der Waals surface area contributed by atoms with E-state index < -0.39 is 11.6 Å². The number of methoxy groups -OCH3 is 1. The third-order valence-corrected chi connectivity index (χ3v) is 4.97. The lowest BCUT2D eigenvalue weighted by atomic mass is 9.64. The summed E-state index contributed by atoms with van der Waals surface area (Å²) < 4.78 is 5.33. The van der Waals surface area contributed by atoms with E-state index in [1.807, 2.05) is 42.5 Å². The van der Waals surface area contributed by atoms with E-state index >= 15 is 0 Å². The normalized spacial score (nSPS) is 17.6. The van der Waals surface area contributed by atoms with Crippen molar-refractivity contribution in [1.29, 1.82) is 0 Å². The largest absolute Gasteiger partial charge is 0.478 e. The average molecular weight is 346 g/mol. The first-order valence-electron chi connectivity index (χ1n) is 8.34. The molecule has 1 atom stereocenters. The second-order valence-corrected chi connectivity index (χ2v) is 6.41. The second-order valence-electron chi connectivity index (χ2n) is 6.41. The van der Waals surface area contributed by atoms with Gasteiger partial charge in [-0.3, -0.25) is 0 Å². The van der Waals surface area contributed by atoms with Crippen LogP contribution in [0.3, 0.4) is 0 Å². The molecular weight excluding hydrogens is 328 g/mol. The van der Waals surface area contributed by atoms with Crippen LogP contribution in [0.1, 0.15) is 32.6 Å². The van der Waals surface area contributed by atoms with Crippen LogP contribution in [-0.4, -0.2) is 23.3 Å². The summed E-state index contributed by atoms with van der Waals surface area (Å²) in [6.07, 6.45) is 0. The third kappa shape index (κ3) is 2.27. The number of rotatable bonds is 5. The van der Waals surface area contributed by atoms with Gasteiger partial charge in [0, 0.05) is 12.7 Å². The summed E-state index contributed by atoms with van der Waals surface area (Å²) in [4.78, 5) is 11.3. The topological polar surface area (TPSA) is 66.8 Å². The minimum Gasteiger partial charge on any atom is -0.478 e. The Morgan fingerprint density at radius 2 is 1.81 bits per heavy atom. The summed E-state index contributed by atoms with van der Waals surface area (Å²) in [5.74, 6) is -1.01. The molecular formula is C22H18O4. The number of hydrogen-bond acceptors (Lipinski definition) is 3. The summed E-state index contributed by atoms with van der Waals surface area (Å²) in [6, 6.07) is 20.2. The maximum atomic E-state index is 11.6. The molecule has 0 saturated carbocycles. The van der Waals surface area contributed by atoms with E-state index in [4.69, 9.17) is 4.74 Å². The molecule has 1 aliphatic carbocycles. The molecule has 0 aromatic heterocycles. The Hall–Kier alpha value is -2.95. The fraction of sp³-hybridized carbons (Fsp3) is 0.136. The number of hydrogen-bond donors (Lipinski definition) is 2. The van der Waals surface area contributed by atoms with E-state index in [0.29, 0.717) is 12.2 Å². The molecule has 26 heavy (non-hydrogen) atoms. The van der Waals surface area contributed by atoms with Gasteiger partial charge < -0.3 is 14.9 Å². The number of carboxylic acid groups (broad SMARTS) is 1. The standard InChI is InChI=1S/C22H18O4/c1-26-13-18-19-11-10-17(14-6-3-2-4-7-14)20(18)22(19,25)16-9-5-8-15(12-16)21(23)24/h2-12,25H,13H2,1H3,(H,23,24). The van der Waals surface area contributed by atoms with Crippen LogP contribution in [0.4, 0.5) is 0 Å². The minimum atomic E-state index is -1.32. The highest BCUT2D eigenvalue weighted by molar-refractivity contribution is 5.88. The zero-order chi connectivity index (χ0) is 18.3. The van der Waals surface area contributed by atoms with Gasteiger partial charge in [-0.15, -0.1) is 0 Å². The molecule has 3 aromatic carbocycles. The molecule has 4 rings (SSSR count). The molecule has 0 aliphatic heterocycles. The van der Waals surface area contributed by atoms with E-state index in [-0.39, 0.29) is 5.56 Å². The molecule has 0 fully saturated rings. The van der Waals surface area contributed by atoms with Crippen molar-refractivity contribution in [3.8, 4) is 11.1 Å². The number of ether oxygens (including phenoxy) is 1. The SMILES string of the molecule is COCc1c2ccc(-c3ccccc3)c1C2(O)c1cccc(C(=O)O)c1. The Kier molecular flexibility index (Phi) is 3.87.